The molecule has 2 amide bonds. The van der Waals surface area contributed by atoms with Crippen LogP contribution >= 0.6 is 24.0 Å². The summed E-state index contributed by atoms with van der Waals surface area (Å²) in [5, 5.41) is 2.44. The largest absolute Gasteiger partial charge is 0.416 e. The lowest BCUT2D eigenvalue weighted by Crippen LogP contribution is -2.44. The molecule has 1 atom stereocenters. The summed E-state index contributed by atoms with van der Waals surface area (Å²) in [4.78, 5) is 27.3. The molecule has 178 valence electrons. The van der Waals surface area contributed by atoms with Crippen molar-refractivity contribution in [3.8, 4) is 11.1 Å². The lowest BCUT2D eigenvalue weighted by molar-refractivity contribution is -0.137. The van der Waals surface area contributed by atoms with Gasteiger partial charge in [0.25, 0.3) is 5.91 Å². The molecular weight excluding hydrogens is 493 g/mol. The molecule has 0 aromatic heterocycles. The fourth-order valence-electron chi connectivity index (χ4n) is 3.50. The van der Waals surface area contributed by atoms with E-state index in [2.05, 4.69) is 5.32 Å². The fraction of sp³-hybridized carbons (Fsp3) is 0.115. The maximum atomic E-state index is 13.0. The highest BCUT2D eigenvalue weighted by molar-refractivity contribution is 8.26. The summed E-state index contributed by atoms with van der Waals surface area (Å²) < 4.78 is 39.1. The number of nitrogens with zero attached hydrogens (tertiary/aromatic N) is 1. The van der Waals surface area contributed by atoms with E-state index >= 15 is 0 Å². The average molecular weight is 513 g/mol. The highest BCUT2D eigenvalue weighted by Crippen LogP contribution is 2.35. The molecular formula is C26H19F3N2O2S2. The van der Waals surface area contributed by atoms with E-state index in [0.717, 1.165) is 40.6 Å². The van der Waals surface area contributed by atoms with Gasteiger partial charge in [0.15, 0.2) is 0 Å². The predicted molar refractivity (Wildman–Crippen MR) is 136 cm³/mol. The number of rotatable bonds is 5. The average Bonchev–Trinajstić information content (AvgIpc) is 3.11. The summed E-state index contributed by atoms with van der Waals surface area (Å²) in [6, 6.07) is 20.8. The van der Waals surface area contributed by atoms with Crippen LogP contribution < -0.4 is 5.32 Å². The quantitative estimate of drug-likeness (QED) is 0.309. The maximum Gasteiger partial charge on any atom is 0.416 e. The molecule has 0 aliphatic carbocycles. The van der Waals surface area contributed by atoms with Gasteiger partial charge in [-0.3, -0.25) is 14.5 Å². The van der Waals surface area contributed by atoms with Crippen LogP contribution in [-0.2, 0) is 15.8 Å². The van der Waals surface area contributed by atoms with E-state index in [4.69, 9.17) is 12.2 Å². The van der Waals surface area contributed by atoms with Gasteiger partial charge in [0, 0.05) is 5.69 Å². The van der Waals surface area contributed by atoms with E-state index in [0.29, 0.717) is 4.91 Å². The van der Waals surface area contributed by atoms with Gasteiger partial charge in [-0.1, -0.05) is 84.6 Å². The standard InChI is InChI=1S/C26H19F3N2O2S2/c1-16(23(32)30-21-9-5-8-20(15-21)26(27,28)29)31-24(33)22(35-25(31)34)14-17-10-12-19(13-11-17)18-6-3-2-4-7-18/h2-16H,1H3,(H,30,32)/b22-14-. The maximum absolute atomic E-state index is 13.0. The number of anilines is 1. The van der Waals surface area contributed by atoms with Crippen LogP contribution in [0.1, 0.15) is 18.1 Å². The zero-order valence-electron chi connectivity index (χ0n) is 18.4. The van der Waals surface area contributed by atoms with Crippen LogP contribution in [0.2, 0.25) is 0 Å². The number of amides is 2. The number of thiocarbonyl (C=S) groups is 1. The van der Waals surface area contributed by atoms with Crippen molar-refractivity contribution in [3.63, 3.8) is 0 Å². The summed E-state index contributed by atoms with van der Waals surface area (Å²) in [5.74, 6) is -1.08. The molecule has 3 aromatic rings. The van der Waals surface area contributed by atoms with E-state index in [1.165, 1.54) is 24.0 Å². The van der Waals surface area contributed by atoms with Crippen LogP contribution in [0.5, 0.6) is 0 Å². The molecule has 0 radical (unpaired) electrons. The summed E-state index contributed by atoms with van der Waals surface area (Å²) in [7, 11) is 0. The fourth-order valence-corrected chi connectivity index (χ4v) is 4.92. The first-order chi connectivity index (χ1) is 16.6. The number of thioether (sulfide) groups is 1. The number of alkyl halides is 3. The third-order valence-corrected chi connectivity index (χ3v) is 6.69. The van der Waals surface area contributed by atoms with Crippen molar-refractivity contribution in [3.05, 3.63) is 94.9 Å². The molecule has 0 saturated carbocycles. The second-order valence-corrected chi connectivity index (χ2v) is 9.46. The Labute approximate surface area is 209 Å². The van der Waals surface area contributed by atoms with Gasteiger partial charge in [-0.25, -0.2) is 0 Å². The van der Waals surface area contributed by atoms with E-state index in [1.54, 1.807) is 6.08 Å². The molecule has 1 saturated heterocycles. The molecule has 1 unspecified atom stereocenters. The first kappa shape index (κ1) is 24.7. The molecule has 4 rings (SSSR count). The zero-order valence-corrected chi connectivity index (χ0v) is 20.0. The van der Waals surface area contributed by atoms with Gasteiger partial charge in [-0.2, -0.15) is 13.2 Å². The Kier molecular flexibility index (Phi) is 7.09. The van der Waals surface area contributed by atoms with E-state index in [-0.39, 0.29) is 10.0 Å². The summed E-state index contributed by atoms with van der Waals surface area (Å²) >= 11 is 6.40. The molecule has 1 aliphatic heterocycles. The Bertz CT molecular complexity index is 1310. The van der Waals surface area contributed by atoms with Gasteiger partial charge in [0.1, 0.15) is 10.4 Å². The number of nitrogens with one attached hydrogen (secondary N) is 1. The van der Waals surface area contributed by atoms with Crippen LogP contribution in [-0.4, -0.2) is 27.1 Å². The minimum atomic E-state index is -4.53. The SMILES string of the molecule is CC(C(=O)Nc1cccc(C(F)(F)F)c1)N1C(=O)/C(=C/c2ccc(-c3ccccc3)cc2)SC1=S. The number of hydrogen-bond donors (Lipinski definition) is 1. The van der Waals surface area contributed by atoms with E-state index in [9.17, 15) is 22.8 Å². The predicted octanol–water partition coefficient (Wildman–Crippen LogP) is 6.60. The van der Waals surface area contributed by atoms with Crippen LogP contribution in [0, 0.1) is 0 Å². The number of halogens is 3. The summed E-state index contributed by atoms with van der Waals surface area (Å²) in [5.41, 5.74) is 2.01. The number of benzene rings is 3. The van der Waals surface area contributed by atoms with Crippen LogP contribution in [0.4, 0.5) is 18.9 Å². The number of hydrogen-bond acceptors (Lipinski definition) is 4. The van der Waals surface area contributed by atoms with Crippen molar-refractivity contribution in [1.82, 2.24) is 4.90 Å². The van der Waals surface area contributed by atoms with Crippen molar-refractivity contribution in [1.29, 1.82) is 0 Å². The molecule has 35 heavy (non-hydrogen) atoms. The highest BCUT2D eigenvalue weighted by Gasteiger charge is 2.38. The van der Waals surface area contributed by atoms with Crippen molar-refractivity contribution >= 4 is 51.9 Å². The Morgan fingerprint density at radius 1 is 1.00 bits per heavy atom. The van der Waals surface area contributed by atoms with Gasteiger partial charge in [0.2, 0.25) is 5.91 Å². The molecule has 9 heteroatoms. The smallest absolute Gasteiger partial charge is 0.324 e. The first-order valence-electron chi connectivity index (χ1n) is 10.5. The second kappa shape index (κ2) is 10.1. The monoisotopic (exact) mass is 512 g/mol. The van der Waals surface area contributed by atoms with Gasteiger partial charge in [-0.05, 0) is 47.9 Å². The van der Waals surface area contributed by atoms with E-state index in [1.807, 2.05) is 54.6 Å². The normalized spacial score (nSPS) is 16.0. The van der Waals surface area contributed by atoms with Crippen LogP contribution in [0.25, 0.3) is 17.2 Å². The summed E-state index contributed by atoms with van der Waals surface area (Å²) in [6.07, 6.45) is -2.83. The van der Waals surface area contributed by atoms with Crippen LogP contribution in [0.3, 0.4) is 0 Å². The highest BCUT2D eigenvalue weighted by atomic mass is 32.2. The number of carbonyl (C=O) groups is 2. The third-order valence-electron chi connectivity index (χ3n) is 5.36. The molecule has 4 nitrogen and oxygen atoms in total. The summed E-state index contributed by atoms with van der Waals surface area (Å²) in [6.45, 7) is 1.48. The molecule has 0 bridgehead atoms. The van der Waals surface area contributed by atoms with Crippen molar-refractivity contribution in [2.75, 3.05) is 5.32 Å². The lowest BCUT2D eigenvalue weighted by atomic mass is 10.0. The van der Waals surface area contributed by atoms with Crippen molar-refractivity contribution in [2.24, 2.45) is 0 Å². The Morgan fingerprint density at radius 3 is 2.31 bits per heavy atom. The molecule has 0 spiro atoms. The minimum absolute atomic E-state index is 0.0174. The van der Waals surface area contributed by atoms with Gasteiger partial charge in [-0.15, -0.1) is 0 Å². The Morgan fingerprint density at radius 2 is 1.66 bits per heavy atom. The van der Waals surface area contributed by atoms with Gasteiger partial charge < -0.3 is 5.32 Å². The third kappa shape index (κ3) is 5.63. The lowest BCUT2D eigenvalue weighted by Gasteiger charge is -2.22. The molecule has 1 fully saturated rings. The zero-order chi connectivity index (χ0) is 25.2. The van der Waals surface area contributed by atoms with Crippen molar-refractivity contribution < 1.29 is 22.8 Å². The van der Waals surface area contributed by atoms with Crippen LogP contribution in [0.15, 0.2) is 83.8 Å². The topological polar surface area (TPSA) is 49.4 Å². The molecule has 3 aromatic carbocycles. The Balaban J connectivity index is 1.47. The molecule has 1 heterocycles. The van der Waals surface area contributed by atoms with Crippen molar-refractivity contribution in [2.45, 2.75) is 19.1 Å². The van der Waals surface area contributed by atoms with E-state index < -0.39 is 29.6 Å². The molecule has 1 N–H and O–H groups in total. The minimum Gasteiger partial charge on any atom is -0.324 e. The molecule has 1 aliphatic rings. The Hall–Kier alpha value is -3.43. The number of carbonyl (C=O) groups excluding carboxylic acids is 2. The second-order valence-electron chi connectivity index (χ2n) is 7.78. The van der Waals surface area contributed by atoms with Gasteiger partial charge in [0.05, 0.1) is 10.5 Å². The van der Waals surface area contributed by atoms with Gasteiger partial charge >= 0.3 is 6.18 Å². The first-order valence-corrected chi connectivity index (χ1v) is 11.8.